The number of methoxy groups -OCH3 is 1. The average molecular weight is 614 g/mol. The van der Waals surface area contributed by atoms with Crippen molar-refractivity contribution in [1.29, 1.82) is 5.26 Å². The van der Waals surface area contributed by atoms with Gasteiger partial charge in [-0.25, -0.2) is 13.2 Å². The van der Waals surface area contributed by atoms with E-state index in [-0.39, 0.29) is 31.0 Å². The molecule has 1 amide bonds. The number of ether oxygens (including phenoxy) is 4. The van der Waals surface area contributed by atoms with Crippen LogP contribution in [0.15, 0.2) is 48.5 Å². The lowest BCUT2D eigenvalue weighted by molar-refractivity contribution is -0.139. The van der Waals surface area contributed by atoms with Crippen LogP contribution in [-0.2, 0) is 24.3 Å². The number of sulfonamides is 1. The Morgan fingerprint density at radius 2 is 1.84 bits per heavy atom. The van der Waals surface area contributed by atoms with Crippen LogP contribution in [0.5, 0.6) is 11.5 Å². The standard InChI is InChI=1S/C31H39N3O8S/c1-6-40-29(35)22-43(37,38)34(16-8-11-23-9-7-10-24(19-23)21-32)25-12-13-27(28(20-25)39-5)41-26-14-17-33(18-15-26)30(36)42-31(2,3)4/h7-13,19-20,26H,6,14-18,22H2,1-5H3/b11-8+. The monoisotopic (exact) mass is 613 g/mol. The Bertz CT molecular complexity index is 1450. The number of benzene rings is 2. The van der Waals surface area contributed by atoms with Crippen LogP contribution in [0.4, 0.5) is 10.5 Å². The molecule has 1 heterocycles. The molecule has 1 aliphatic heterocycles. The molecule has 0 bridgehead atoms. The van der Waals surface area contributed by atoms with Crippen LogP contribution in [0.3, 0.4) is 0 Å². The summed E-state index contributed by atoms with van der Waals surface area (Å²) in [5.74, 6) is -0.958. The van der Waals surface area contributed by atoms with E-state index < -0.39 is 27.3 Å². The number of hydrogen-bond donors (Lipinski definition) is 0. The largest absolute Gasteiger partial charge is 0.493 e. The van der Waals surface area contributed by atoms with Crippen molar-refractivity contribution in [2.24, 2.45) is 0 Å². The number of hydrogen-bond acceptors (Lipinski definition) is 9. The molecule has 12 heteroatoms. The van der Waals surface area contributed by atoms with Crippen molar-refractivity contribution in [3.8, 4) is 17.6 Å². The van der Waals surface area contributed by atoms with E-state index in [1.807, 2.05) is 20.8 Å². The minimum atomic E-state index is -4.15. The summed E-state index contributed by atoms with van der Waals surface area (Å²) in [4.78, 5) is 26.2. The highest BCUT2D eigenvalue weighted by molar-refractivity contribution is 7.93. The molecular formula is C31H39N3O8S. The number of esters is 1. The summed E-state index contributed by atoms with van der Waals surface area (Å²) < 4.78 is 49.9. The highest BCUT2D eigenvalue weighted by Gasteiger charge is 2.29. The van der Waals surface area contributed by atoms with Gasteiger partial charge in [0.05, 0.1) is 37.6 Å². The minimum absolute atomic E-state index is 0.0556. The molecule has 0 N–H and O–H groups in total. The Kier molecular flexibility index (Phi) is 11.4. The fourth-order valence-corrected chi connectivity index (χ4v) is 5.66. The third kappa shape index (κ3) is 9.92. The van der Waals surface area contributed by atoms with Crippen molar-refractivity contribution >= 4 is 33.8 Å². The van der Waals surface area contributed by atoms with E-state index >= 15 is 0 Å². The van der Waals surface area contributed by atoms with Gasteiger partial charge in [0, 0.05) is 32.0 Å². The lowest BCUT2D eigenvalue weighted by atomic mass is 10.1. The molecule has 0 spiro atoms. The molecule has 1 saturated heterocycles. The van der Waals surface area contributed by atoms with E-state index in [9.17, 15) is 18.0 Å². The predicted octanol–water partition coefficient (Wildman–Crippen LogP) is 4.76. The molecule has 0 radical (unpaired) electrons. The molecule has 1 aliphatic rings. The summed E-state index contributed by atoms with van der Waals surface area (Å²) in [5.41, 5.74) is 0.893. The number of likely N-dealkylation sites (tertiary alicyclic amines) is 1. The molecule has 0 atom stereocenters. The number of nitrogens with zero attached hydrogens (tertiary/aromatic N) is 3. The van der Waals surface area contributed by atoms with Gasteiger partial charge in [0.15, 0.2) is 17.3 Å². The topological polar surface area (TPSA) is 135 Å². The summed E-state index contributed by atoms with van der Waals surface area (Å²) >= 11 is 0. The van der Waals surface area contributed by atoms with Gasteiger partial charge < -0.3 is 23.8 Å². The van der Waals surface area contributed by atoms with Gasteiger partial charge >= 0.3 is 12.1 Å². The second-order valence-electron chi connectivity index (χ2n) is 10.9. The van der Waals surface area contributed by atoms with Crippen molar-refractivity contribution in [3.63, 3.8) is 0 Å². The van der Waals surface area contributed by atoms with Gasteiger partial charge in [-0.2, -0.15) is 5.26 Å². The molecule has 0 aliphatic carbocycles. The first-order chi connectivity index (χ1) is 20.3. The van der Waals surface area contributed by atoms with Crippen LogP contribution >= 0.6 is 0 Å². The maximum absolute atomic E-state index is 13.4. The SMILES string of the molecule is CCOC(=O)CS(=O)(=O)N(C/C=C/c1cccc(C#N)c1)c1ccc(OC2CCN(C(=O)OC(C)(C)C)CC2)c(OC)c1. The Balaban J connectivity index is 1.79. The number of piperidine rings is 1. The van der Waals surface area contributed by atoms with E-state index in [1.54, 1.807) is 60.4 Å². The van der Waals surface area contributed by atoms with Gasteiger partial charge in [0.2, 0.25) is 10.0 Å². The van der Waals surface area contributed by atoms with E-state index in [1.165, 1.54) is 13.2 Å². The van der Waals surface area contributed by atoms with E-state index in [0.717, 1.165) is 9.87 Å². The normalized spacial score (nSPS) is 14.2. The van der Waals surface area contributed by atoms with E-state index in [0.29, 0.717) is 43.0 Å². The van der Waals surface area contributed by atoms with Crippen LogP contribution in [0.2, 0.25) is 0 Å². The molecule has 11 nitrogen and oxygen atoms in total. The molecular weight excluding hydrogens is 574 g/mol. The Morgan fingerprint density at radius 1 is 1.12 bits per heavy atom. The van der Waals surface area contributed by atoms with Crippen LogP contribution in [0.25, 0.3) is 6.08 Å². The van der Waals surface area contributed by atoms with Crippen molar-refractivity contribution < 1.29 is 37.0 Å². The first-order valence-electron chi connectivity index (χ1n) is 14.0. The van der Waals surface area contributed by atoms with Crippen LogP contribution in [-0.4, -0.2) is 76.2 Å². The van der Waals surface area contributed by atoms with E-state index in [4.69, 9.17) is 24.2 Å². The van der Waals surface area contributed by atoms with Gasteiger partial charge in [-0.15, -0.1) is 0 Å². The molecule has 43 heavy (non-hydrogen) atoms. The summed E-state index contributed by atoms with van der Waals surface area (Å²) in [6.45, 7) is 7.99. The smallest absolute Gasteiger partial charge is 0.410 e. The number of carbonyl (C=O) groups is 2. The summed E-state index contributed by atoms with van der Waals surface area (Å²) in [6.07, 6.45) is 3.96. The second-order valence-corrected chi connectivity index (χ2v) is 12.7. The van der Waals surface area contributed by atoms with Gasteiger partial charge in [-0.3, -0.25) is 9.10 Å². The molecule has 1 fully saturated rings. The number of rotatable bonds is 11. The molecule has 232 valence electrons. The highest BCUT2D eigenvalue weighted by Crippen LogP contribution is 2.35. The molecule has 2 aromatic rings. The zero-order valence-corrected chi connectivity index (χ0v) is 26.1. The minimum Gasteiger partial charge on any atom is -0.493 e. The zero-order chi connectivity index (χ0) is 31.6. The molecule has 2 aromatic carbocycles. The van der Waals surface area contributed by atoms with Gasteiger partial charge in [-0.05, 0) is 57.5 Å². The van der Waals surface area contributed by atoms with Crippen LogP contribution in [0.1, 0.15) is 51.7 Å². The maximum Gasteiger partial charge on any atom is 0.410 e. The molecule has 0 unspecified atom stereocenters. The summed E-state index contributed by atoms with van der Waals surface area (Å²) in [7, 11) is -2.69. The average Bonchev–Trinajstić information content (AvgIpc) is 2.95. The van der Waals surface area contributed by atoms with Crippen LogP contribution < -0.4 is 13.8 Å². The third-order valence-electron chi connectivity index (χ3n) is 6.36. The highest BCUT2D eigenvalue weighted by atomic mass is 32.2. The Hall–Kier alpha value is -4.24. The predicted molar refractivity (Wildman–Crippen MR) is 162 cm³/mol. The fourth-order valence-electron chi connectivity index (χ4n) is 4.38. The van der Waals surface area contributed by atoms with Crippen LogP contribution in [0, 0.1) is 11.3 Å². The molecule has 0 saturated carbocycles. The number of amides is 1. The summed E-state index contributed by atoms with van der Waals surface area (Å²) in [6, 6.07) is 13.7. The quantitative estimate of drug-likeness (QED) is 0.329. The molecule has 3 rings (SSSR count). The first kappa shape index (κ1) is 33.3. The van der Waals surface area contributed by atoms with Crippen molar-refractivity contribution in [2.75, 3.05) is 43.4 Å². The van der Waals surface area contributed by atoms with Crippen molar-refractivity contribution in [3.05, 3.63) is 59.7 Å². The number of carbonyl (C=O) groups excluding carboxylic acids is 2. The fraction of sp³-hybridized carbons (Fsp3) is 0.452. The lowest BCUT2D eigenvalue weighted by Crippen LogP contribution is -2.44. The molecule has 0 aromatic heterocycles. The Morgan fingerprint density at radius 3 is 2.47 bits per heavy atom. The summed E-state index contributed by atoms with van der Waals surface area (Å²) in [5, 5.41) is 9.16. The number of nitriles is 1. The Labute approximate surface area is 253 Å². The first-order valence-corrected chi connectivity index (χ1v) is 15.6. The van der Waals surface area contributed by atoms with E-state index in [2.05, 4.69) is 6.07 Å². The van der Waals surface area contributed by atoms with Gasteiger partial charge in [-0.1, -0.05) is 24.3 Å². The number of anilines is 1. The lowest BCUT2D eigenvalue weighted by Gasteiger charge is -2.33. The van der Waals surface area contributed by atoms with Crippen molar-refractivity contribution in [2.45, 2.75) is 52.2 Å². The van der Waals surface area contributed by atoms with Crippen molar-refractivity contribution in [1.82, 2.24) is 4.90 Å². The zero-order valence-electron chi connectivity index (χ0n) is 25.2. The van der Waals surface area contributed by atoms with Gasteiger partial charge in [0.25, 0.3) is 0 Å². The maximum atomic E-state index is 13.4. The van der Waals surface area contributed by atoms with Gasteiger partial charge in [0.1, 0.15) is 11.7 Å². The second kappa shape index (κ2) is 14.8. The third-order valence-corrected chi connectivity index (χ3v) is 7.99.